The first-order chi connectivity index (χ1) is 26.4. The van der Waals surface area contributed by atoms with Gasteiger partial charge in [-0.1, -0.05) is 145 Å². The van der Waals surface area contributed by atoms with Crippen LogP contribution in [0.3, 0.4) is 0 Å². The Labute approximate surface area is 293 Å². The molecule has 3 nitrogen and oxygen atoms in total. The van der Waals surface area contributed by atoms with Gasteiger partial charge in [-0.2, -0.15) is 0 Å². The first kappa shape index (κ1) is 23.2. The minimum absolute atomic E-state index is 0.0196. The van der Waals surface area contributed by atoms with Gasteiger partial charge in [0.15, 0.2) is 17.5 Å². The van der Waals surface area contributed by atoms with E-state index in [0.29, 0.717) is 11.6 Å². The minimum atomic E-state index is -0.466. The molecule has 0 atom stereocenters. The Bertz CT molecular complexity index is 3120. The smallest absolute Gasteiger partial charge is 0.164 e. The van der Waals surface area contributed by atoms with Gasteiger partial charge in [-0.3, -0.25) is 0 Å². The number of rotatable bonds is 4. The molecule has 228 valence electrons. The predicted molar refractivity (Wildman–Crippen MR) is 207 cm³/mol. The van der Waals surface area contributed by atoms with Crippen LogP contribution in [-0.2, 0) is 0 Å². The number of aromatic nitrogens is 3. The minimum Gasteiger partial charge on any atom is -0.208 e. The van der Waals surface area contributed by atoms with Crippen LogP contribution in [0.2, 0.25) is 0 Å². The van der Waals surface area contributed by atoms with E-state index in [0.717, 1.165) is 37.0 Å². The lowest BCUT2D eigenvalue weighted by Crippen LogP contribution is -1.99. The quantitative estimate of drug-likeness (QED) is 0.179. The average molecular weight is 647 g/mol. The van der Waals surface area contributed by atoms with Crippen LogP contribution in [-0.4, -0.2) is 15.0 Å². The SMILES string of the molecule is [2H]c1c([2H])c([2H])c(-c2nc(-c3ccccc3)nc(-c3ccc4c(c3)sc3cccc(-c5ccc6c7ccccc7c7ccccc7c6c5)c34)n2)c([2H])c1[2H]. The van der Waals surface area contributed by atoms with Crippen molar-refractivity contribution in [3.63, 3.8) is 0 Å². The normalized spacial score (nSPS) is 13.1. The van der Waals surface area contributed by atoms with E-state index in [1.54, 1.807) is 11.3 Å². The van der Waals surface area contributed by atoms with Crippen molar-refractivity contribution in [1.29, 1.82) is 0 Å². The molecule has 0 aliphatic carbocycles. The fraction of sp³-hybridized carbons (Fsp3) is 0. The molecule has 0 aliphatic heterocycles. The molecule has 0 radical (unpaired) electrons. The lowest BCUT2D eigenvalue weighted by molar-refractivity contribution is 1.07. The molecule has 0 spiro atoms. The summed E-state index contributed by atoms with van der Waals surface area (Å²) < 4.78 is 44.1. The van der Waals surface area contributed by atoms with E-state index in [2.05, 4.69) is 102 Å². The lowest BCUT2D eigenvalue weighted by Gasteiger charge is -2.12. The first-order valence-electron chi connectivity index (χ1n) is 18.5. The third-order valence-corrected chi connectivity index (χ3v) is 10.3. The van der Waals surface area contributed by atoms with E-state index in [1.807, 2.05) is 36.4 Å². The Morgan fingerprint density at radius 1 is 0.388 bits per heavy atom. The summed E-state index contributed by atoms with van der Waals surface area (Å²) >= 11 is 1.70. The van der Waals surface area contributed by atoms with Crippen LogP contribution in [0.5, 0.6) is 0 Å². The zero-order chi connectivity index (χ0) is 36.7. The largest absolute Gasteiger partial charge is 0.208 e. The summed E-state index contributed by atoms with van der Waals surface area (Å²) in [6.07, 6.45) is 0. The Kier molecular flexibility index (Phi) is 5.29. The molecule has 0 aliphatic rings. The van der Waals surface area contributed by atoms with Crippen LogP contribution in [0.15, 0.2) is 164 Å². The third kappa shape index (κ3) is 4.61. The summed E-state index contributed by atoms with van der Waals surface area (Å²) in [7, 11) is 0. The molecule has 0 fully saturated rings. The molecule has 0 unspecified atom stereocenters. The van der Waals surface area contributed by atoms with Gasteiger partial charge in [-0.05, 0) is 61.6 Å². The van der Waals surface area contributed by atoms with Crippen LogP contribution in [0.1, 0.15) is 6.85 Å². The van der Waals surface area contributed by atoms with Crippen LogP contribution in [0, 0.1) is 0 Å². The van der Waals surface area contributed by atoms with Crippen molar-refractivity contribution in [1.82, 2.24) is 15.0 Å². The molecule has 0 saturated carbocycles. The summed E-state index contributed by atoms with van der Waals surface area (Å²) in [6.45, 7) is 0. The summed E-state index contributed by atoms with van der Waals surface area (Å²) in [5.41, 5.74) is 3.68. The summed E-state index contributed by atoms with van der Waals surface area (Å²) in [4.78, 5) is 14.2. The second kappa shape index (κ2) is 11.2. The zero-order valence-corrected chi connectivity index (χ0v) is 26.8. The van der Waals surface area contributed by atoms with Gasteiger partial charge in [0.05, 0.1) is 6.85 Å². The van der Waals surface area contributed by atoms with Crippen molar-refractivity contribution in [2.45, 2.75) is 0 Å². The van der Waals surface area contributed by atoms with Crippen molar-refractivity contribution in [3.8, 4) is 45.3 Å². The number of hydrogen-bond donors (Lipinski definition) is 0. The average Bonchev–Trinajstić information content (AvgIpc) is 3.61. The van der Waals surface area contributed by atoms with Crippen LogP contribution in [0.4, 0.5) is 0 Å². The van der Waals surface area contributed by atoms with Gasteiger partial charge in [-0.25, -0.2) is 15.0 Å². The molecule has 0 saturated heterocycles. The fourth-order valence-electron chi connectivity index (χ4n) is 6.98. The van der Waals surface area contributed by atoms with Crippen LogP contribution >= 0.6 is 11.3 Å². The van der Waals surface area contributed by atoms with Gasteiger partial charge >= 0.3 is 0 Å². The van der Waals surface area contributed by atoms with Gasteiger partial charge in [0.1, 0.15) is 0 Å². The standard InChI is InChI=1S/C45H27N3S/c1-3-12-28(13-4-1)43-46-44(29-14-5-2-6-15-29)48-45(47-43)31-23-25-38-41(27-31)49-40-21-11-20-32(42(38)40)30-22-24-37-35-18-8-7-16-33(35)34-17-9-10-19-36(34)39(37)26-30/h1-27H/i1D,3D,4D,12D,13D. The van der Waals surface area contributed by atoms with Crippen molar-refractivity contribution in [2.24, 2.45) is 0 Å². The number of hydrogen-bond acceptors (Lipinski definition) is 4. The van der Waals surface area contributed by atoms with Crippen molar-refractivity contribution in [2.75, 3.05) is 0 Å². The molecule has 0 N–H and O–H groups in total. The topological polar surface area (TPSA) is 38.7 Å². The number of fused-ring (bicyclic) bond motifs is 9. The molecule has 2 heterocycles. The van der Waals surface area contributed by atoms with Crippen molar-refractivity contribution < 1.29 is 6.85 Å². The highest BCUT2D eigenvalue weighted by Gasteiger charge is 2.17. The van der Waals surface area contributed by atoms with Crippen molar-refractivity contribution in [3.05, 3.63) is 164 Å². The molecule has 10 rings (SSSR count). The van der Waals surface area contributed by atoms with E-state index < -0.39 is 18.1 Å². The van der Waals surface area contributed by atoms with E-state index in [9.17, 15) is 0 Å². The molecule has 0 amide bonds. The predicted octanol–water partition coefficient (Wildman–Crippen LogP) is 12.4. The molecule has 4 heteroatoms. The molecule has 2 aromatic heterocycles. The maximum Gasteiger partial charge on any atom is 0.164 e. The Hall–Kier alpha value is -6.23. The van der Waals surface area contributed by atoms with Crippen molar-refractivity contribution >= 4 is 63.8 Å². The monoisotopic (exact) mass is 646 g/mol. The van der Waals surface area contributed by atoms with Gasteiger partial charge in [-0.15, -0.1) is 11.3 Å². The fourth-order valence-corrected chi connectivity index (χ4v) is 8.15. The van der Waals surface area contributed by atoms with E-state index in [1.165, 1.54) is 37.7 Å². The van der Waals surface area contributed by atoms with Gasteiger partial charge in [0.25, 0.3) is 0 Å². The summed E-state index contributed by atoms with van der Waals surface area (Å²) in [5, 5.41) is 9.71. The van der Waals surface area contributed by atoms with E-state index in [4.69, 9.17) is 16.8 Å². The first-order valence-corrected chi connectivity index (χ1v) is 16.9. The summed E-state index contributed by atoms with van der Waals surface area (Å²) in [6, 6.07) is 44.0. The second-order valence-corrected chi connectivity index (χ2v) is 13.1. The Morgan fingerprint density at radius 3 is 1.67 bits per heavy atom. The second-order valence-electron chi connectivity index (χ2n) is 12.0. The maximum absolute atomic E-state index is 8.63. The van der Waals surface area contributed by atoms with Gasteiger partial charge < -0.3 is 0 Å². The van der Waals surface area contributed by atoms with E-state index in [-0.39, 0.29) is 23.5 Å². The number of nitrogens with zero attached hydrogens (tertiary/aromatic N) is 3. The lowest BCUT2D eigenvalue weighted by atomic mass is 9.91. The highest BCUT2D eigenvalue weighted by molar-refractivity contribution is 7.26. The molecule has 49 heavy (non-hydrogen) atoms. The zero-order valence-electron chi connectivity index (χ0n) is 31.0. The molecule has 8 aromatic carbocycles. The van der Waals surface area contributed by atoms with Crippen LogP contribution in [0.25, 0.3) is 97.8 Å². The number of benzene rings is 8. The molecular formula is C45H27N3S. The third-order valence-electron chi connectivity index (χ3n) is 9.20. The molecular weight excluding hydrogens is 615 g/mol. The number of thiophene rings is 1. The highest BCUT2D eigenvalue weighted by atomic mass is 32.1. The molecule has 0 bridgehead atoms. The van der Waals surface area contributed by atoms with Crippen LogP contribution < -0.4 is 0 Å². The highest BCUT2D eigenvalue weighted by Crippen LogP contribution is 2.43. The van der Waals surface area contributed by atoms with Gasteiger partial charge in [0.2, 0.25) is 0 Å². The summed E-state index contributed by atoms with van der Waals surface area (Å²) in [5.74, 6) is 0.711. The maximum atomic E-state index is 8.63. The molecule has 10 aromatic rings. The van der Waals surface area contributed by atoms with E-state index >= 15 is 0 Å². The Balaban J connectivity index is 1.15. The van der Waals surface area contributed by atoms with Gasteiger partial charge in [0, 0.05) is 36.9 Å². The Morgan fingerprint density at radius 2 is 0.959 bits per heavy atom.